The monoisotopic (exact) mass is 414 g/mol. The van der Waals surface area contributed by atoms with Gasteiger partial charge in [0, 0.05) is 30.3 Å². The number of aryl methyl sites for hydroxylation is 3. The molecule has 1 aliphatic rings. The number of rotatable bonds is 5. The average Bonchev–Trinajstić information content (AvgIpc) is 3.18. The number of nitrogens with zero attached hydrogens (tertiary/aromatic N) is 2. The molecule has 3 heterocycles. The van der Waals surface area contributed by atoms with Crippen LogP contribution >= 0.6 is 0 Å². The van der Waals surface area contributed by atoms with Crippen molar-refractivity contribution in [2.75, 3.05) is 0 Å². The van der Waals surface area contributed by atoms with Crippen molar-refractivity contribution >= 4 is 11.4 Å². The van der Waals surface area contributed by atoms with E-state index in [0.29, 0.717) is 6.42 Å². The van der Waals surface area contributed by atoms with E-state index in [0.717, 1.165) is 66.0 Å². The lowest BCUT2D eigenvalue weighted by molar-refractivity contribution is 0.0977. The largest absolute Gasteiger partial charge is 0.325 e. The lowest BCUT2D eigenvalue weighted by atomic mass is 9.95. The van der Waals surface area contributed by atoms with Gasteiger partial charge in [-0.05, 0) is 68.0 Å². The Hall–Kier alpha value is -3.14. The Bertz CT molecular complexity index is 1260. The summed E-state index contributed by atoms with van der Waals surface area (Å²) in [5.74, 6) is -0.0540. The second-order valence-electron chi connectivity index (χ2n) is 8.56. The Morgan fingerprint density at radius 1 is 1.00 bits per heavy atom. The number of aromatic nitrogens is 2. The summed E-state index contributed by atoms with van der Waals surface area (Å²) in [6.07, 6.45) is 6.56. The minimum atomic E-state index is -0.237. The first kappa shape index (κ1) is 19.8. The van der Waals surface area contributed by atoms with Gasteiger partial charge in [-0.1, -0.05) is 36.8 Å². The first-order chi connectivity index (χ1) is 15.1. The molecule has 0 radical (unpaired) electrons. The quantitative estimate of drug-likeness (QED) is 0.328. The number of imidazole rings is 1. The summed E-state index contributed by atoms with van der Waals surface area (Å²) < 4.78 is 18.0. The molecule has 3 nitrogen and oxygen atoms in total. The van der Waals surface area contributed by atoms with Crippen LogP contribution in [0.3, 0.4) is 0 Å². The molecular formula is C27H27FN2O. The average molecular weight is 415 g/mol. The molecule has 0 spiro atoms. The molecule has 0 atom stereocenters. The molecule has 5 rings (SSSR count). The van der Waals surface area contributed by atoms with Crippen molar-refractivity contribution in [2.45, 2.75) is 52.5 Å². The molecule has 0 N–H and O–H groups in total. The van der Waals surface area contributed by atoms with Gasteiger partial charge in [0.2, 0.25) is 0 Å². The van der Waals surface area contributed by atoms with E-state index >= 15 is 0 Å². The number of Topliss-reactive ketones (excluding diaryl/α,β-unsaturated/α-hetero) is 1. The van der Waals surface area contributed by atoms with Crippen molar-refractivity contribution < 1.29 is 9.18 Å². The molecule has 158 valence electrons. The zero-order valence-electron chi connectivity index (χ0n) is 18.1. The number of benzene rings is 2. The fourth-order valence-corrected chi connectivity index (χ4v) is 4.89. The fraction of sp³-hybridized carbons (Fsp3) is 0.296. The highest BCUT2D eigenvalue weighted by molar-refractivity contribution is 6.04. The van der Waals surface area contributed by atoms with Crippen LogP contribution in [0.2, 0.25) is 0 Å². The second kappa shape index (κ2) is 7.84. The van der Waals surface area contributed by atoms with Crippen LogP contribution in [0.15, 0.2) is 54.7 Å². The first-order valence-electron chi connectivity index (χ1n) is 11.2. The van der Waals surface area contributed by atoms with E-state index in [-0.39, 0.29) is 11.6 Å². The third-order valence-electron chi connectivity index (χ3n) is 6.36. The van der Waals surface area contributed by atoms with Crippen LogP contribution in [0.4, 0.5) is 4.39 Å². The lowest BCUT2D eigenvalue weighted by Gasteiger charge is -2.09. The van der Waals surface area contributed by atoms with E-state index in [1.807, 2.05) is 19.1 Å². The first-order valence-corrected chi connectivity index (χ1v) is 11.2. The Morgan fingerprint density at radius 3 is 2.42 bits per heavy atom. The molecular weight excluding hydrogens is 387 g/mol. The molecule has 4 heteroatoms. The van der Waals surface area contributed by atoms with Crippen LogP contribution in [-0.4, -0.2) is 14.8 Å². The van der Waals surface area contributed by atoms with Crippen LogP contribution in [0, 0.1) is 12.7 Å². The van der Waals surface area contributed by atoms with Gasteiger partial charge in [0.05, 0.1) is 11.4 Å². The second-order valence-corrected chi connectivity index (χ2v) is 8.56. The summed E-state index contributed by atoms with van der Waals surface area (Å²) >= 11 is 0. The van der Waals surface area contributed by atoms with Crippen molar-refractivity contribution in [1.29, 1.82) is 0 Å². The molecule has 4 aromatic rings. The fourth-order valence-electron chi connectivity index (χ4n) is 4.89. The molecule has 0 saturated carbocycles. The van der Waals surface area contributed by atoms with Crippen LogP contribution in [0.5, 0.6) is 0 Å². The van der Waals surface area contributed by atoms with Crippen molar-refractivity contribution in [3.63, 3.8) is 0 Å². The normalized spacial score (nSPS) is 13.5. The van der Waals surface area contributed by atoms with Crippen molar-refractivity contribution in [3.8, 4) is 22.4 Å². The van der Waals surface area contributed by atoms with Crippen molar-refractivity contribution in [2.24, 2.45) is 0 Å². The minimum Gasteiger partial charge on any atom is -0.325 e. The minimum absolute atomic E-state index is 0.183. The van der Waals surface area contributed by atoms with Gasteiger partial charge >= 0.3 is 0 Å². The smallest absolute Gasteiger partial charge is 0.180 e. The van der Waals surface area contributed by atoms with Crippen LogP contribution in [0.1, 0.15) is 54.2 Å². The van der Waals surface area contributed by atoms with E-state index in [4.69, 9.17) is 0 Å². The van der Waals surface area contributed by atoms with E-state index in [2.05, 4.69) is 46.4 Å². The van der Waals surface area contributed by atoms with Crippen LogP contribution < -0.4 is 0 Å². The summed E-state index contributed by atoms with van der Waals surface area (Å²) in [7, 11) is 0. The number of ketones is 1. The van der Waals surface area contributed by atoms with Gasteiger partial charge in [0.1, 0.15) is 11.5 Å². The van der Waals surface area contributed by atoms with Gasteiger partial charge in [0.15, 0.2) is 5.78 Å². The number of carbonyl (C=O) groups is 1. The zero-order chi connectivity index (χ0) is 21.5. The van der Waals surface area contributed by atoms with Crippen molar-refractivity contribution in [1.82, 2.24) is 8.97 Å². The van der Waals surface area contributed by atoms with Crippen LogP contribution in [0.25, 0.3) is 28.0 Å². The van der Waals surface area contributed by atoms with Gasteiger partial charge < -0.3 is 4.57 Å². The van der Waals surface area contributed by atoms with E-state index in [9.17, 15) is 9.18 Å². The summed E-state index contributed by atoms with van der Waals surface area (Å²) in [5, 5.41) is 0. The SMILES string of the molecule is CCCC(=O)c1c(-c2ccc(C)cc2)c2c3n(c(-c4ccc(F)cc4)cn13)CCCC2. The summed E-state index contributed by atoms with van der Waals surface area (Å²) in [6, 6.07) is 15.2. The molecule has 31 heavy (non-hydrogen) atoms. The molecule has 0 unspecified atom stereocenters. The molecule has 2 aromatic carbocycles. The van der Waals surface area contributed by atoms with Gasteiger partial charge in [-0.25, -0.2) is 4.39 Å². The Kier molecular flexibility index (Phi) is 5.01. The lowest BCUT2D eigenvalue weighted by Crippen LogP contribution is -2.04. The van der Waals surface area contributed by atoms with Crippen molar-refractivity contribution in [3.05, 3.63) is 77.4 Å². The number of halogens is 1. The molecule has 0 amide bonds. The molecule has 2 aromatic heterocycles. The molecule has 0 fully saturated rings. The standard InChI is InChI=1S/C27H27FN2O/c1-3-6-24(31)26-25(20-10-8-18(2)9-11-20)22-7-4-5-16-29-23(17-30(26)27(22)29)19-12-14-21(28)15-13-19/h8-15,17H,3-7,16H2,1-2H3. The third-order valence-corrected chi connectivity index (χ3v) is 6.36. The Morgan fingerprint density at radius 2 is 1.71 bits per heavy atom. The van der Waals surface area contributed by atoms with Gasteiger partial charge in [-0.3, -0.25) is 9.20 Å². The van der Waals surface area contributed by atoms with Gasteiger partial charge in [0.25, 0.3) is 0 Å². The highest BCUT2D eigenvalue weighted by atomic mass is 19.1. The molecule has 1 aliphatic heterocycles. The maximum absolute atomic E-state index is 13.5. The maximum atomic E-state index is 13.5. The number of hydrogen-bond donors (Lipinski definition) is 0. The highest BCUT2D eigenvalue weighted by Gasteiger charge is 2.29. The maximum Gasteiger partial charge on any atom is 0.180 e. The predicted molar refractivity (Wildman–Crippen MR) is 123 cm³/mol. The number of hydrogen-bond acceptors (Lipinski definition) is 1. The van der Waals surface area contributed by atoms with E-state index in [1.54, 1.807) is 0 Å². The van der Waals surface area contributed by atoms with Gasteiger partial charge in [-0.15, -0.1) is 0 Å². The summed E-state index contributed by atoms with van der Waals surface area (Å²) in [4.78, 5) is 13.4. The summed E-state index contributed by atoms with van der Waals surface area (Å²) in [6.45, 7) is 5.03. The van der Waals surface area contributed by atoms with E-state index < -0.39 is 0 Å². The highest BCUT2D eigenvalue weighted by Crippen LogP contribution is 2.40. The molecule has 0 saturated heterocycles. The molecule has 0 aliphatic carbocycles. The zero-order valence-corrected chi connectivity index (χ0v) is 18.1. The Balaban J connectivity index is 1.83. The molecule has 0 bridgehead atoms. The topological polar surface area (TPSA) is 26.4 Å². The van der Waals surface area contributed by atoms with Crippen LogP contribution in [-0.2, 0) is 13.0 Å². The Labute approximate surface area is 182 Å². The summed E-state index contributed by atoms with van der Waals surface area (Å²) in [5.41, 5.74) is 8.60. The predicted octanol–water partition coefficient (Wildman–Crippen LogP) is 6.84. The van der Waals surface area contributed by atoms with E-state index in [1.165, 1.54) is 23.3 Å². The number of carbonyl (C=O) groups excluding carboxylic acids is 1. The van der Waals surface area contributed by atoms with Gasteiger partial charge in [-0.2, -0.15) is 0 Å². The third kappa shape index (κ3) is 3.31.